The van der Waals surface area contributed by atoms with Crippen LogP contribution in [0.2, 0.25) is 0 Å². The Balaban J connectivity index is 1.25. The first-order valence-corrected chi connectivity index (χ1v) is 15.2. The number of aromatic nitrogens is 4. The minimum Gasteiger partial charge on any atom is -0.442 e. The number of cyclic esters (lactones) is 1. The lowest BCUT2D eigenvalue weighted by atomic mass is 10.0. The third-order valence-corrected chi connectivity index (χ3v) is 9.70. The molecule has 0 aliphatic carbocycles. The van der Waals surface area contributed by atoms with Crippen LogP contribution in [-0.2, 0) is 32.4 Å². The lowest BCUT2D eigenvalue weighted by molar-refractivity contribution is -0.0540. The van der Waals surface area contributed by atoms with Crippen LogP contribution in [0.15, 0.2) is 54.1 Å². The molecule has 1 amide bonds. The Morgan fingerprint density at radius 2 is 2.22 bits per heavy atom. The molecule has 1 aromatic carbocycles. The molecule has 3 aromatic rings. The summed E-state index contributed by atoms with van der Waals surface area (Å²) in [5, 5.41) is 11.6. The Hall–Kier alpha value is -2.90. The van der Waals surface area contributed by atoms with Gasteiger partial charge < -0.3 is 14.5 Å². The van der Waals surface area contributed by atoms with E-state index in [9.17, 15) is 9.69 Å². The fourth-order valence-electron chi connectivity index (χ4n) is 3.75. The van der Waals surface area contributed by atoms with Crippen molar-refractivity contribution in [2.75, 3.05) is 17.7 Å². The Morgan fingerprint density at radius 3 is 2.92 bits per heavy atom. The number of rotatable bonds is 8. The quantitative estimate of drug-likeness (QED) is 0.417. The van der Waals surface area contributed by atoms with Gasteiger partial charge in [0.1, 0.15) is 17.6 Å². The second-order valence-electron chi connectivity index (χ2n) is 7.87. The molecule has 1 saturated heterocycles. The van der Waals surface area contributed by atoms with Crippen LogP contribution in [-0.4, -0.2) is 61.9 Å². The van der Waals surface area contributed by atoms with E-state index in [1.807, 2.05) is 0 Å². The Labute approximate surface area is 214 Å². The molecule has 1 fully saturated rings. The molecule has 0 spiro atoms. The summed E-state index contributed by atoms with van der Waals surface area (Å²) in [6.07, 6.45) is 4.94. The minimum atomic E-state index is -2.98. The van der Waals surface area contributed by atoms with Crippen molar-refractivity contribution in [1.29, 1.82) is 0 Å². The molecule has 188 valence electrons. The molecular formula is C21H20FN6O5PS2. The van der Waals surface area contributed by atoms with Crippen molar-refractivity contribution >= 4 is 46.4 Å². The van der Waals surface area contributed by atoms with Gasteiger partial charge >= 0.3 is 6.09 Å². The molecule has 15 heteroatoms. The highest BCUT2D eigenvalue weighted by atomic mass is 32.9. The summed E-state index contributed by atoms with van der Waals surface area (Å²) < 4.78 is 27.4. The second kappa shape index (κ2) is 10.2. The number of carbonyl (C=O) groups excluding carboxylic acids is 1. The smallest absolute Gasteiger partial charge is 0.414 e. The van der Waals surface area contributed by atoms with E-state index in [-0.39, 0.29) is 13.0 Å². The molecule has 4 heterocycles. The van der Waals surface area contributed by atoms with Gasteiger partial charge in [-0.05, 0) is 42.3 Å². The van der Waals surface area contributed by atoms with E-state index in [2.05, 4.69) is 20.5 Å². The van der Waals surface area contributed by atoms with Crippen molar-refractivity contribution in [3.8, 4) is 11.1 Å². The standard InChI is InChI=1S/C21H20FN6O5PS2/c1-36-34(30,35)33-20-9-19(25-32-20)18-5-2-13(10-23-18)16-4-3-14(8-17(16)22)28-12-15(31-21(28)29)11-27-7-6-24-26-27/h2-8,10,15,20H,9,11-12H2,1H3,(H,30,35)/t15-,20?,34?/m0/s1. The van der Waals surface area contributed by atoms with Crippen LogP contribution in [0.4, 0.5) is 14.9 Å². The van der Waals surface area contributed by atoms with E-state index in [1.54, 1.807) is 47.6 Å². The van der Waals surface area contributed by atoms with Gasteiger partial charge in [0.05, 0.1) is 37.1 Å². The van der Waals surface area contributed by atoms with Gasteiger partial charge in [0.25, 0.3) is 0 Å². The lowest BCUT2D eigenvalue weighted by Crippen LogP contribution is -2.26. The summed E-state index contributed by atoms with van der Waals surface area (Å²) in [5.41, 5.74) is -0.629. The van der Waals surface area contributed by atoms with Crippen LogP contribution in [0.1, 0.15) is 12.1 Å². The van der Waals surface area contributed by atoms with Crippen molar-refractivity contribution in [3.05, 3.63) is 60.4 Å². The van der Waals surface area contributed by atoms with Gasteiger partial charge in [0.15, 0.2) is 0 Å². The summed E-state index contributed by atoms with van der Waals surface area (Å²) in [4.78, 5) is 33.2. The van der Waals surface area contributed by atoms with E-state index in [1.165, 1.54) is 17.2 Å². The number of amides is 1. The molecule has 2 unspecified atom stereocenters. The zero-order valence-electron chi connectivity index (χ0n) is 18.8. The summed E-state index contributed by atoms with van der Waals surface area (Å²) in [5.74, 6) is -0.504. The van der Waals surface area contributed by atoms with E-state index >= 15 is 4.39 Å². The molecule has 0 radical (unpaired) electrons. The van der Waals surface area contributed by atoms with Gasteiger partial charge in [-0.2, -0.15) is 0 Å². The number of anilines is 1. The van der Waals surface area contributed by atoms with Crippen molar-refractivity contribution < 1.29 is 28.2 Å². The highest BCUT2D eigenvalue weighted by molar-refractivity contribution is 8.67. The number of benzene rings is 1. The zero-order valence-corrected chi connectivity index (χ0v) is 21.3. The summed E-state index contributed by atoms with van der Waals surface area (Å²) >= 11 is 6.05. The van der Waals surface area contributed by atoms with E-state index in [0.717, 1.165) is 11.4 Å². The monoisotopic (exact) mass is 550 g/mol. The molecule has 0 bridgehead atoms. The zero-order chi connectivity index (χ0) is 25.3. The molecule has 2 aromatic heterocycles. The fourth-order valence-corrected chi connectivity index (χ4v) is 5.08. The predicted octanol–water partition coefficient (Wildman–Crippen LogP) is 3.55. The number of oxime groups is 1. The molecule has 36 heavy (non-hydrogen) atoms. The van der Waals surface area contributed by atoms with Crippen molar-refractivity contribution in [2.45, 2.75) is 25.4 Å². The number of nitrogens with zero attached hydrogens (tertiary/aromatic N) is 6. The van der Waals surface area contributed by atoms with Gasteiger partial charge in [-0.3, -0.25) is 14.4 Å². The average molecular weight is 551 g/mol. The number of hydrogen-bond donors (Lipinski definition) is 1. The number of pyridine rings is 1. The summed E-state index contributed by atoms with van der Waals surface area (Å²) in [6, 6.07) is 7.96. The highest BCUT2D eigenvalue weighted by Crippen LogP contribution is 2.56. The van der Waals surface area contributed by atoms with E-state index in [4.69, 9.17) is 25.9 Å². The van der Waals surface area contributed by atoms with Gasteiger partial charge in [-0.25, -0.2) is 13.9 Å². The van der Waals surface area contributed by atoms with Crippen molar-refractivity contribution in [2.24, 2.45) is 5.16 Å². The topological polar surface area (TPSA) is 124 Å². The van der Waals surface area contributed by atoms with Gasteiger partial charge in [0.2, 0.25) is 12.0 Å². The average Bonchev–Trinajstić information content (AvgIpc) is 3.61. The molecule has 0 saturated carbocycles. The maximum Gasteiger partial charge on any atom is 0.414 e. The first kappa shape index (κ1) is 24.8. The van der Waals surface area contributed by atoms with E-state index < -0.39 is 30.0 Å². The van der Waals surface area contributed by atoms with Gasteiger partial charge in [-0.1, -0.05) is 27.8 Å². The molecule has 2 aliphatic rings. The Bertz CT molecular complexity index is 1340. The second-order valence-corrected chi connectivity index (χ2v) is 14.1. The maximum absolute atomic E-state index is 15.0. The highest BCUT2D eigenvalue weighted by Gasteiger charge is 2.33. The third kappa shape index (κ3) is 5.42. The lowest BCUT2D eigenvalue weighted by Gasteiger charge is -2.16. The third-order valence-electron chi connectivity index (χ3n) is 5.49. The molecule has 1 N–H and O–H groups in total. The Morgan fingerprint density at radius 1 is 1.36 bits per heavy atom. The van der Waals surface area contributed by atoms with Crippen LogP contribution in [0.3, 0.4) is 0 Å². The predicted molar refractivity (Wildman–Crippen MR) is 134 cm³/mol. The molecule has 3 atom stereocenters. The molecule has 11 nitrogen and oxygen atoms in total. The first-order valence-electron chi connectivity index (χ1n) is 10.7. The number of halogens is 1. The van der Waals surface area contributed by atoms with Crippen LogP contribution >= 0.6 is 17.1 Å². The normalized spacial score (nSPS) is 21.1. The van der Waals surface area contributed by atoms with Crippen molar-refractivity contribution in [3.63, 3.8) is 0 Å². The minimum absolute atomic E-state index is 0.268. The maximum atomic E-state index is 15.0. The Kier molecular flexibility index (Phi) is 7.04. The fraction of sp³-hybridized carbons (Fsp3) is 0.286. The van der Waals surface area contributed by atoms with Crippen molar-refractivity contribution in [1.82, 2.24) is 20.0 Å². The van der Waals surface area contributed by atoms with Crippen LogP contribution in [0.25, 0.3) is 11.1 Å². The summed E-state index contributed by atoms with van der Waals surface area (Å²) in [7, 11) is 0. The SMILES string of the molecule is CSP(O)(=S)OC1CC(c2ccc(-c3ccc(N4C[C@H](Cn5ccnn5)OC4=O)cc3F)cn2)=NO1. The first-order chi connectivity index (χ1) is 17.3. The van der Waals surface area contributed by atoms with Crippen LogP contribution in [0.5, 0.6) is 0 Å². The van der Waals surface area contributed by atoms with Gasteiger partial charge in [0, 0.05) is 23.5 Å². The van der Waals surface area contributed by atoms with Crippen LogP contribution < -0.4 is 4.90 Å². The van der Waals surface area contributed by atoms with Crippen LogP contribution in [0, 0.1) is 5.82 Å². The number of ether oxygens (including phenoxy) is 1. The van der Waals surface area contributed by atoms with Gasteiger partial charge in [-0.15, -0.1) is 5.10 Å². The number of hydrogen-bond acceptors (Lipinski definition) is 10. The molecular weight excluding hydrogens is 530 g/mol. The summed E-state index contributed by atoms with van der Waals surface area (Å²) in [6.45, 7) is 0.627. The number of carbonyl (C=O) groups is 1. The molecule has 5 rings (SSSR count). The van der Waals surface area contributed by atoms with E-state index in [0.29, 0.717) is 34.8 Å². The largest absolute Gasteiger partial charge is 0.442 e. The molecule has 2 aliphatic heterocycles.